The third kappa shape index (κ3) is 69.8. The number of aromatic nitrogens is 3. The lowest BCUT2D eigenvalue weighted by Gasteiger charge is -2.24. The van der Waals surface area contributed by atoms with Crippen molar-refractivity contribution in [1.29, 1.82) is 0 Å². The van der Waals surface area contributed by atoms with E-state index in [1.807, 2.05) is 53.9 Å². The minimum atomic E-state index is -0.813. The maximum absolute atomic E-state index is 11.6. The molecule has 0 saturated heterocycles. The van der Waals surface area contributed by atoms with E-state index in [0.29, 0.717) is 53.5 Å². The molecule has 2 unspecified atom stereocenters. The third-order valence-corrected chi connectivity index (χ3v) is 14.4. The number of nitrogens with one attached hydrogen (secondary N) is 3. The number of nitrogens with zero attached hydrogens (tertiary/aromatic N) is 3. The van der Waals surface area contributed by atoms with Gasteiger partial charge in [0.25, 0.3) is 5.91 Å². The van der Waals surface area contributed by atoms with E-state index in [1.165, 1.54) is 139 Å². The number of rotatable bonds is 21. The van der Waals surface area contributed by atoms with Gasteiger partial charge in [0.2, 0.25) is 0 Å². The lowest BCUT2D eigenvalue weighted by Crippen LogP contribution is -2.30. The quantitative estimate of drug-likeness (QED) is 0.0151. The highest BCUT2D eigenvalue weighted by Gasteiger charge is 2.16. The minimum absolute atomic E-state index is 0.00198. The first-order valence-corrected chi connectivity index (χ1v) is 36.8. The fourth-order valence-electron chi connectivity index (χ4n) is 7.36. The largest absolute Gasteiger partial charge is 0.513 e. The first-order chi connectivity index (χ1) is 50.0. The summed E-state index contributed by atoms with van der Waals surface area (Å²) in [4.78, 5) is 78.5. The molecule has 1 heterocycles. The highest BCUT2D eigenvalue weighted by molar-refractivity contribution is 5.98. The lowest BCUT2D eigenvalue weighted by atomic mass is 9.82. The summed E-state index contributed by atoms with van der Waals surface area (Å²) in [5, 5.41) is 8.72. The predicted octanol–water partition coefficient (Wildman–Crippen LogP) is 19.3. The summed E-state index contributed by atoms with van der Waals surface area (Å²) in [5.41, 5.74) is 7.53. The summed E-state index contributed by atoms with van der Waals surface area (Å²) in [7, 11) is 8.54. The summed E-state index contributed by atoms with van der Waals surface area (Å²) >= 11 is 0. The number of allylic oxidation sites excluding steroid dienone is 2. The van der Waals surface area contributed by atoms with E-state index in [0.717, 1.165) is 55.5 Å². The van der Waals surface area contributed by atoms with E-state index in [9.17, 15) is 28.8 Å². The summed E-state index contributed by atoms with van der Waals surface area (Å²) in [5.74, 6) is 4.15. The Labute approximate surface area is 634 Å². The molecule has 1 fully saturated rings. The average Bonchev–Trinajstić information content (AvgIpc) is 0.888. The topological polar surface area (TPSA) is 242 Å². The SMILES string of the molecule is CC1CCCCC1C.CC=CC.CCC(C)C.CCCC.CCCNC.CCCOC.CNCCNC(=O)c1ccc(C(C)=O)cc1.COCCOC(=O)Oc1ccc(OC(C)=O)cc1.COCCOC(=O)c1ccc(C(C)=O)cc1.Cc1ccc(C)cc1.Cc1cccc(C)c1.Cc1ncnc(C)n1. The second-order valence-corrected chi connectivity index (χ2v) is 24.7. The molecule has 1 saturated carbocycles. The molecule has 0 radical (unpaired) electrons. The molecular weight excluding hydrogens is 1320 g/mol. The number of carbonyl (C=O) groups excluding carboxylic acids is 6. The number of esters is 2. The lowest BCUT2D eigenvalue weighted by molar-refractivity contribution is -0.131. The molecule has 1 aromatic heterocycles. The van der Waals surface area contributed by atoms with Gasteiger partial charge in [-0.05, 0) is 169 Å². The number of hydrogen-bond donors (Lipinski definition) is 3. The van der Waals surface area contributed by atoms with Gasteiger partial charge < -0.3 is 49.1 Å². The molecule has 7 rings (SSSR count). The van der Waals surface area contributed by atoms with Crippen LogP contribution in [0.25, 0.3) is 0 Å². The molecule has 6 aromatic rings. The zero-order valence-corrected chi connectivity index (χ0v) is 69.2. The zero-order chi connectivity index (χ0) is 80.6. The number of hydrogen-bond acceptors (Lipinski definition) is 18. The van der Waals surface area contributed by atoms with E-state index in [-0.39, 0.29) is 30.7 Å². The van der Waals surface area contributed by atoms with Crippen molar-refractivity contribution in [3.8, 4) is 11.5 Å². The van der Waals surface area contributed by atoms with Gasteiger partial charge in [-0.2, -0.15) is 0 Å². The normalized spacial score (nSPS) is 11.7. The first-order valence-electron chi connectivity index (χ1n) is 36.8. The van der Waals surface area contributed by atoms with E-state index in [4.69, 9.17) is 33.2 Å². The van der Waals surface area contributed by atoms with Gasteiger partial charge in [-0.25, -0.2) is 24.5 Å². The van der Waals surface area contributed by atoms with Gasteiger partial charge in [0.1, 0.15) is 42.7 Å². The number of benzene rings is 5. The fraction of sp³-hybridized carbons (Fsp3) is 0.523. The van der Waals surface area contributed by atoms with Crippen LogP contribution in [0.4, 0.5) is 4.79 Å². The van der Waals surface area contributed by atoms with Gasteiger partial charge in [-0.3, -0.25) is 19.2 Å². The Balaban J connectivity index is -0.000000359. The van der Waals surface area contributed by atoms with Crippen LogP contribution in [0, 0.1) is 59.3 Å². The van der Waals surface area contributed by atoms with Crippen LogP contribution in [0.2, 0.25) is 0 Å². The summed E-state index contributed by atoms with van der Waals surface area (Å²) in [6, 6.07) is 36.0. The van der Waals surface area contributed by atoms with Crippen molar-refractivity contribution in [1.82, 2.24) is 30.9 Å². The van der Waals surface area contributed by atoms with Crippen LogP contribution in [-0.4, -0.2) is 139 Å². The average molecular weight is 1460 g/mol. The molecule has 19 nitrogen and oxygen atoms in total. The zero-order valence-electron chi connectivity index (χ0n) is 69.2. The third-order valence-electron chi connectivity index (χ3n) is 14.4. The molecule has 1 aliphatic rings. The molecule has 3 N–H and O–H groups in total. The van der Waals surface area contributed by atoms with Gasteiger partial charge in [0.15, 0.2) is 11.6 Å². The molecule has 590 valence electrons. The van der Waals surface area contributed by atoms with Crippen molar-refractivity contribution >= 4 is 35.6 Å². The molecule has 0 bridgehead atoms. The van der Waals surface area contributed by atoms with Crippen LogP contribution in [0.5, 0.6) is 11.5 Å². The standard InChI is InChI=1S/C12H16N2O2.C12H14O6.C12H14O4.2C8H10.C8H16.C5H7N3.C5H12.C4H11N.C4H10O.C4H10.C4H8/c1-9(15)10-3-5-11(6-4-10)12(16)14-8-7-13-2;1-9(13)17-10-3-5-11(6-4-10)18-12(14)16-8-7-15-2;1-9(13)10-3-5-11(6-4-10)12(14)16-8-7-15-2;1-7-3-5-8(2)6-4-7;1-7-4-3-5-8(2)6-7;1-7-5-3-4-6-8(7)2;1-4-6-3-7-5(2)8-4;1-4-5(2)3;2*1-3-4-5-2;2*1-3-4-2/h3-6,13H,7-8H2,1-2H3,(H,14,16);3-6H,7-8H2,1-2H3;3-6H,7-8H2,1-2H3;2*3-6H,1-2H3;7-8H,3-6H2,1-2H3;3H,1-2H3;5H,4H2,1-3H3;5H,3-4H2,1-2H3;3-4H2,1-2H3;3-4H2,1-2H3;3-4H,1-2H3. The number of likely N-dealkylation sites (N-methyl/N-ethyl adjacent to an activating group) is 1. The van der Waals surface area contributed by atoms with Gasteiger partial charge in [0, 0.05) is 64.6 Å². The molecule has 0 spiro atoms. The maximum atomic E-state index is 11.6. The molecule has 0 aliphatic heterocycles. The Morgan fingerprint density at radius 1 is 0.486 bits per heavy atom. The van der Waals surface area contributed by atoms with E-state index in [1.54, 1.807) is 55.6 Å². The Hall–Kier alpha value is -8.33. The van der Waals surface area contributed by atoms with Gasteiger partial charge in [-0.15, -0.1) is 0 Å². The molecule has 1 aliphatic carbocycles. The van der Waals surface area contributed by atoms with Crippen molar-refractivity contribution in [2.45, 2.75) is 196 Å². The summed E-state index contributed by atoms with van der Waals surface area (Å²) in [6.45, 7) is 44.7. The molecule has 19 heteroatoms. The second kappa shape index (κ2) is 74.0. The Bertz CT molecular complexity index is 2890. The minimum Gasteiger partial charge on any atom is -0.460 e. The van der Waals surface area contributed by atoms with Gasteiger partial charge >= 0.3 is 18.1 Å². The van der Waals surface area contributed by atoms with E-state index in [2.05, 4.69) is 169 Å². The number of carbonyl (C=O) groups is 6. The Morgan fingerprint density at radius 3 is 1.17 bits per heavy atom. The number of amides is 1. The molecule has 2 atom stereocenters. The van der Waals surface area contributed by atoms with Crippen LogP contribution in [-0.2, 0) is 28.5 Å². The summed E-state index contributed by atoms with van der Waals surface area (Å²) < 4.78 is 33.5. The number of Topliss-reactive ketones (excluding diaryl/α,β-unsaturated/α-hetero) is 2. The monoisotopic (exact) mass is 1460 g/mol. The Kier molecular flexibility index (Phi) is 74.2. The number of ether oxygens (including phenoxy) is 7. The van der Waals surface area contributed by atoms with Crippen LogP contribution < -0.4 is 25.4 Å². The number of unbranched alkanes of at least 4 members (excludes halogenated alkanes) is 1. The van der Waals surface area contributed by atoms with Crippen molar-refractivity contribution in [2.75, 3.05) is 88.1 Å². The van der Waals surface area contributed by atoms with Gasteiger partial charge in [0.05, 0.1) is 18.8 Å². The second-order valence-electron chi connectivity index (χ2n) is 24.7. The number of aryl methyl sites for hydroxylation is 6. The molecule has 1 amide bonds. The van der Waals surface area contributed by atoms with E-state index < -0.39 is 18.1 Å². The summed E-state index contributed by atoms with van der Waals surface area (Å²) in [6.07, 6.45) is 16.9. The van der Waals surface area contributed by atoms with Crippen molar-refractivity contribution < 1.29 is 61.9 Å². The highest BCUT2D eigenvalue weighted by Crippen LogP contribution is 2.28. The fourth-order valence-corrected chi connectivity index (χ4v) is 7.36. The maximum Gasteiger partial charge on any atom is 0.513 e. The first kappa shape index (κ1) is 105. The van der Waals surface area contributed by atoms with E-state index >= 15 is 0 Å². The van der Waals surface area contributed by atoms with Crippen molar-refractivity contribution in [2.24, 2.45) is 17.8 Å². The number of methoxy groups -OCH3 is 3. The van der Waals surface area contributed by atoms with Crippen molar-refractivity contribution in [3.63, 3.8) is 0 Å². The van der Waals surface area contributed by atoms with Crippen LogP contribution in [0.3, 0.4) is 0 Å². The highest BCUT2D eigenvalue weighted by atomic mass is 16.7. The molecular formula is C86H138N6O13. The Morgan fingerprint density at radius 2 is 0.886 bits per heavy atom. The molecule has 5 aromatic carbocycles. The predicted molar refractivity (Wildman–Crippen MR) is 433 cm³/mol. The van der Waals surface area contributed by atoms with Crippen LogP contribution >= 0.6 is 0 Å². The molecule has 105 heavy (non-hydrogen) atoms. The van der Waals surface area contributed by atoms with Gasteiger partial charge in [-0.1, -0.05) is 214 Å². The number of ketones is 2. The van der Waals surface area contributed by atoms with Crippen molar-refractivity contribution in [3.05, 3.63) is 196 Å². The van der Waals surface area contributed by atoms with Crippen LogP contribution in [0.15, 0.2) is 140 Å². The van der Waals surface area contributed by atoms with Crippen LogP contribution in [0.1, 0.15) is 230 Å². The smallest absolute Gasteiger partial charge is 0.460 e.